The van der Waals surface area contributed by atoms with Gasteiger partial charge in [-0.25, -0.2) is 10.2 Å². The Labute approximate surface area is 121 Å². The molecule has 7 nitrogen and oxygen atoms in total. The number of benzene rings is 1. The van der Waals surface area contributed by atoms with Gasteiger partial charge in [-0.1, -0.05) is 18.2 Å². The zero-order chi connectivity index (χ0) is 15.7. The van der Waals surface area contributed by atoms with Crippen molar-refractivity contribution in [3.05, 3.63) is 48.0 Å². The summed E-state index contributed by atoms with van der Waals surface area (Å²) >= 11 is 0. The second-order valence-corrected chi connectivity index (χ2v) is 3.81. The lowest BCUT2D eigenvalue weighted by Gasteiger charge is -2.00. The molecule has 0 saturated heterocycles. The van der Waals surface area contributed by atoms with Crippen LogP contribution >= 0.6 is 0 Å². The second-order valence-electron chi connectivity index (χ2n) is 3.81. The fraction of sp³-hybridized carbons (Fsp3) is 0.143. The SMILES string of the molecule is C=CCNC(=O)C(=O)N/N=C\c1ccc(C(=O)OC)cc1. The van der Waals surface area contributed by atoms with Gasteiger partial charge < -0.3 is 10.1 Å². The van der Waals surface area contributed by atoms with Crippen molar-refractivity contribution >= 4 is 24.0 Å². The number of ether oxygens (including phenoxy) is 1. The summed E-state index contributed by atoms with van der Waals surface area (Å²) in [6.07, 6.45) is 2.80. The molecule has 1 aromatic carbocycles. The third-order valence-electron chi connectivity index (χ3n) is 2.32. The maximum absolute atomic E-state index is 11.3. The van der Waals surface area contributed by atoms with Crippen molar-refractivity contribution in [1.29, 1.82) is 0 Å². The van der Waals surface area contributed by atoms with Gasteiger partial charge in [-0.2, -0.15) is 5.10 Å². The Morgan fingerprint density at radius 2 is 1.90 bits per heavy atom. The average molecular weight is 289 g/mol. The van der Waals surface area contributed by atoms with E-state index in [0.717, 1.165) is 0 Å². The molecule has 2 N–H and O–H groups in total. The van der Waals surface area contributed by atoms with Gasteiger partial charge in [-0.3, -0.25) is 9.59 Å². The van der Waals surface area contributed by atoms with E-state index in [1.807, 2.05) is 0 Å². The van der Waals surface area contributed by atoms with E-state index in [4.69, 9.17) is 0 Å². The molecular formula is C14H15N3O4. The lowest BCUT2D eigenvalue weighted by atomic mass is 10.1. The van der Waals surface area contributed by atoms with Crippen molar-refractivity contribution < 1.29 is 19.1 Å². The number of esters is 1. The molecular weight excluding hydrogens is 274 g/mol. The van der Waals surface area contributed by atoms with E-state index in [1.165, 1.54) is 19.4 Å². The molecule has 0 aromatic heterocycles. The van der Waals surface area contributed by atoms with Gasteiger partial charge in [-0.15, -0.1) is 6.58 Å². The predicted octanol–water partition coefficient (Wildman–Crippen LogP) is 0.225. The summed E-state index contributed by atoms with van der Waals surface area (Å²) in [5, 5.41) is 5.95. The van der Waals surface area contributed by atoms with Crippen LogP contribution in [-0.4, -0.2) is 37.7 Å². The maximum Gasteiger partial charge on any atom is 0.337 e. The number of carbonyl (C=O) groups excluding carboxylic acids is 3. The number of amides is 2. The standard InChI is InChI=1S/C14H15N3O4/c1-3-8-15-12(18)13(19)17-16-9-10-4-6-11(7-5-10)14(20)21-2/h3-7,9H,1,8H2,2H3,(H,15,18)(H,17,19)/b16-9-. The zero-order valence-electron chi connectivity index (χ0n) is 11.5. The summed E-state index contributed by atoms with van der Waals surface area (Å²) in [5.74, 6) is -2.11. The molecule has 0 bridgehead atoms. The van der Waals surface area contributed by atoms with Gasteiger partial charge in [0.05, 0.1) is 18.9 Å². The number of nitrogens with one attached hydrogen (secondary N) is 2. The number of hydrogen-bond acceptors (Lipinski definition) is 5. The van der Waals surface area contributed by atoms with Crippen LogP contribution in [0, 0.1) is 0 Å². The predicted molar refractivity (Wildman–Crippen MR) is 76.7 cm³/mol. The normalized spacial score (nSPS) is 9.95. The molecule has 0 spiro atoms. The van der Waals surface area contributed by atoms with Crippen LogP contribution in [0.1, 0.15) is 15.9 Å². The maximum atomic E-state index is 11.3. The van der Waals surface area contributed by atoms with Gasteiger partial charge in [0.25, 0.3) is 0 Å². The third kappa shape index (κ3) is 5.27. The Bertz CT molecular complexity index is 564. The van der Waals surface area contributed by atoms with Crippen LogP contribution < -0.4 is 10.7 Å². The third-order valence-corrected chi connectivity index (χ3v) is 2.32. The van der Waals surface area contributed by atoms with Crippen LogP contribution in [-0.2, 0) is 14.3 Å². The molecule has 0 saturated carbocycles. The Kier molecular flexibility index (Phi) is 6.33. The number of hydrazone groups is 1. The van der Waals surface area contributed by atoms with E-state index in [-0.39, 0.29) is 6.54 Å². The van der Waals surface area contributed by atoms with E-state index in [0.29, 0.717) is 11.1 Å². The molecule has 0 atom stereocenters. The highest BCUT2D eigenvalue weighted by molar-refractivity contribution is 6.35. The Morgan fingerprint density at radius 1 is 1.24 bits per heavy atom. The number of nitrogens with zero attached hydrogens (tertiary/aromatic N) is 1. The smallest absolute Gasteiger partial charge is 0.337 e. The van der Waals surface area contributed by atoms with Gasteiger partial charge >= 0.3 is 17.8 Å². The monoisotopic (exact) mass is 289 g/mol. The largest absolute Gasteiger partial charge is 0.465 e. The van der Waals surface area contributed by atoms with Crippen LogP contribution in [0.3, 0.4) is 0 Å². The van der Waals surface area contributed by atoms with Gasteiger partial charge in [0.1, 0.15) is 0 Å². The second kappa shape index (κ2) is 8.26. The number of hydrogen-bond donors (Lipinski definition) is 2. The van der Waals surface area contributed by atoms with Gasteiger partial charge in [0.2, 0.25) is 0 Å². The Morgan fingerprint density at radius 3 is 2.48 bits per heavy atom. The summed E-state index contributed by atoms with van der Waals surface area (Å²) in [4.78, 5) is 33.7. The fourth-order valence-electron chi connectivity index (χ4n) is 1.28. The van der Waals surface area contributed by atoms with Crippen molar-refractivity contribution in [3.8, 4) is 0 Å². The van der Waals surface area contributed by atoms with Crippen molar-refractivity contribution in [2.45, 2.75) is 0 Å². The quantitative estimate of drug-likeness (QED) is 0.266. The lowest BCUT2D eigenvalue weighted by molar-refractivity contribution is -0.139. The van der Waals surface area contributed by atoms with Gasteiger partial charge in [-0.05, 0) is 17.7 Å². The first-order valence-electron chi connectivity index (χ1n) is 5.99. The molecule has 0 aliphatic heterocycles. The Balaban J connectivity index is 2.53. The van der Waals surface area contributed by atoms with E-state index >= 15 is 0 Å². The van der Waals surface area contributed by atoms with Crippen LogP contribution in [0.5, 0.6) is 0 Å². The molecule has 1 aromatic rings. The molecule has 21 heavy (non-hydrogen) atoms. The van der Waals surface area contributed by atoms with Crippen LogP contribution in [0.15, 0.2) is 42.0 Å². The molecule has 0 heterocycles. The summed E-state index contributed by atoms with van der Waals surface area (Å²) in [6, 6.07) is 6.37. The van der Waals surface area contributed by atoms with Crippen molar-refractivity contribution in [2.24, 2.45) is 5.10 Å². The lowest BCUT2D eigenvalue weighted by Crippen LogP contribution is -2.37. The molecule has 0 aliphatic carbocycles. The van der Waals surface area contributed by atoms with Gasteiger partial charge in [0.15, 0.2) is 0 Å². The number of rotatable bonds is 5. The zero-order valence-corrected chi connectivity index (χ0v) is 11.5. The van der Waals surface area contributed by atoms with E-state index in [1.54, 1.807) is 24.3 Å². The topological polar surface area (TPSA) is 96.9 Å². The van der Waals surface area contributed by atoms with Gasteiger partial charge in [0, 0.05) is 6.54 Å². The molecule has 1 rings (SSSR count). The first-order chi connectivity index (χ1) is 10.1. The van der Waals surface area contributed by atoms with Crippen molar-refractivity contribution in [2.75, 3.05) is 13.7 Å². The summed E-state index contributed by atoms with van der Waals surface area (Å²) in [6.45, 7) is 3.61. The van der Waals surface area contributed by atoms with Crippen molar-refractivity contribution in [3.63, 3.8) is 0 Å². The minimum Gasteiger partial charge on any atom is -0.465 e. The molecule has 0 radical (unpaired) electrons. The molecule has 0 aliphatic rings. The average Bonchev–Trinajstić information content (AvgIpc) is 2.52. The minimum atomic E-state index is -0.876. The molecule has 110 valence electrons. The van der Waals surface area contributed by atoms with E-state index in [2.05, 4.69) is 27.2 Å². The molecule has 7 heteroatoms. The van der Waals surface area contributed by atoms with E-state index < -0.39 is 17.8 Å². The first kappa shape index (κ1) is 16.1. The van der Waals surface area contributed by atoms with Crippen LogP contribution in [0.4, 0.5) is 0 Å². The summed E-state index contributed by atoms with van der Waals surface area (Å²) in [5.41, 5.74) is 3.13. The highest BCUT2D eigenvalue weighted by Crippen LogP contribution is 2.03. The summed E-state index contributed by atoms with van der Waals surface area (Å²) < 4.78 is 4.57. The van der Waals surface area contributed by atoms with Crippen LogP contribution in [0.2, 0.25) is 0 Å². The molecule has 2 amide bonds. The minimum absolute atomic E-state index is 0.199. The Hall–Kier alpha value is -2.96. The van der Waals surface area contributed by atoms with E-state index in [9.17, 15) is 14.4 Å². The molecule has 0 fully saturated rings. The molecule has 0 unspecified atom stereocenters. The number of carbonyl (C=O) groups is 3. The highest BCUT2D eigenvalue weighted by atomic mass is 16.5. The van der Waals surface area contributed by atoms with Crippen molar-refractivity contribution in [1.82, 2.24) is 10.7 Å². The first-order valence-corrected chi connectivity index (χ1v) is 5.99. The summed E-state index contributed by atoms with van der Waals surface area (Å²) in [7, 11) is 1.30. The van der Waals surface area contributed by atoms with Crippen LogP contribution in [0.25, 0.3) is 0 Å². The highest BCUT2D eigenvalue weighted by Gasteiger charge is 2.10. The fourth-order valence-corrected chi connectivity index (χ4v) is 1.28. The number of methoxy groups -OCH3 is 1.